The predicted octanol–water partition coefficient (Wildman–Crippen LogP) is 1.04. The summed E-state index contributed by atoms with van der Waals surface area (Å²) in [5.41, 5.74) is 6.83. The Labute approximate surface area is 168 Å². The quantitative estimate of drug-likeness (QED) is 0.614. The summed E-state index contributed by atoms with van der Waals surface area (Å²) in [6.07, 6.45) is 0.981. The Bertz CT molecular complexity index is 1020. The molecule has 3 N–H and O–H groups in total. The van der Waals surface area contributed by atoms with Gasteiger partial charge in [-0.05, 0) is 42.8 Å². The summed E-state index contributed by atoms with van der Waals surface area (Å²) in [7, 11) is -3.74. The van der Waals surface area contributed by atoms with Crippen molar-refractivity contribution in [3.05, 3.63) is 59.7 Å². The van der Waals surface area contributed by atoms with Gasteiger partial charge in [0.2, 0.25) is 15.9 Å². The fourth-order valence-corrected chi connectivity index (χ4v) is 3.35. The number of ether oxygens (including phenoxy) is 1. The molecule has 9 nitrogen and oxygen atoms in total. The predicted molar refractivity (Wildman–Crippen MR) is 108 cm³/mol. The van der Waals surface area contributed by atoms with Crippen LogP contribution < -0.4 is 15.4 Å². The lowest BCUT2D eigenvalue weighted by Gasteiger charge is -2.23. The second-order valence-electron chi connectivity index (χ2n) is 6.21. The number of nitrogens with zero attached hydrogens (tertiary/aromatic N) is 1. The van der Waals surface area contributed by atoms with Crippen LogP contribution in [0.4, 0.5) is 11.4 Å². The molecule has 10 heteroatoms. The third-order valence-corrected chi connectivity index (χ3v) is 5.00. The maximum absolute atomic E-state index is 12.1. The molecule has 0 saturated carbocycles. The number of benzene rings is 2. The number of amides is 2. The molecule has 0 saturated heterocycles. The van der Waals surface area contributed by atoms with E-state index in [0.29, 0.717) is 16.9 Å². The van der Waals surface area contributed by atoms with Gasteiger partial charge in [0, 0.05) is 11.3 Å². The van der Waals surface area contributed by atoms with Gasteiger partial charge in [0.1, 0.15) is 6.54 Å². The van der Waals surface area contributed by atoms with Gasteiger partial charge >= 0.3 is 5.97 Å². The number of aryl methyl sites for hydroxylation is 1. The first-order valence-electron chi connectivity index (χ1n) is 8.46. The van der Waals surface area contributed by atoms with E-state index >= 15 is 0 Å². The van der Waals surface area contributed by atoms with Crippen LogP contribution >= 0.6 is 0 Å². The summed E-state index contributed by atoms with van der Waals surface area (Å²) < 4.78 is 30.0. The Morgan fingerprint density at radius 2 is 1.69 bits per heavy atom. The van der Waals surface area contributed by atoms with Crippen molar-refractivity contribution in [3.8, 4) is 0 Å². The molecule has 2 rings (SSSR count). The van der Waals surface area contributed by atoms with Crippen molar-refractivity contribution in [2.45, 2.75) is 6.92 Å². The van der Waals surface area contributed by atoms with Crippen molar-refractivity contribution in [2.75, 3.05) is 29.0 Å². The molecule has 0 spiro atoms. The largest absolute Gasteiger partial charge is 0.454 e. The number of para-hydroxylation sites is 1. The van der Waals surface area contributed by atoms with Crippen LogP contribution in [0.1, 0.15) is 15.9 Å². The van der Waals surface area contributed by atoms with E-state index in [9.17, 15) is 22.8 Å². The lowest BCUT2D eigenvalue weighted by atomic mass is 10.2. The smallest absolute Gasteiger partial charge is 0.327 e. The Kier molecular flexibility index (Phi) is 6.94. The van der Waals surface area contributed by atoms with Gasteiger partial charge in [-0.15, -0.1) is 0 Å². The zero-order valence-electron chi connectivity index (χ0n) is 15.9. The van der Waals surface area contributed by atoms with Crippen LogP contribution in [0.25, 0.3) is 0 Å². The molecule has 0 aromatic heterocycles. The van der Waals surface area contributed by atoms with E-state index in [1.807, 2.05) is 0 Å². The average Bonchev–Trinajstić information content (AvgIpc) is 2.65. The molecule has 2 aromatic carbocycles. The average molecular weight is 419 g/mol. The number of esters is 1. The van der Waals surface area contributed by atoms with Gasteiger partial charge in [-0.25, -0.2) is 8.42 Å². The normalized spacial score (nSPS) is 10.8. The summed E-state index contributed by atoms with van der Waals surface area (Å²) in [4.78, 5) is 35.1. The van der Waals surface area contributed by atoms with Crippen LogP contribution in [0, 0.1) is 6.92 Å². The summed E-state index contributed by atoms with van der Waals surface area (Å²) in [5, 5.41) is 2.49. The second-order valence-corrected chi connectivity index (χ2v) is 8.11. The number of hydrogen-bond acceptors (Lipinski definition) is 6. The number of nitrogens with one attached hydrogen (secondary N) is 1. The van der Waals surface area contributed by atoms with Crippen LogP contribution in [-0.2, 0) is 24.3 Å². The maximum Gasteiger partial charge on any atom is 0.327 e. The standard InChI is InChI=1S/C19H21N3O6S/c1-13-5-3-4-6-16(13)22(29(2,26)27)11-18(24)28-12-17(23)21-15-9-7-14(8-10-15)19(20)25/h3-10H,11-12H2,1-2H3,(H2,20,25)(H,21,23). The van der Waals surface area contributed by atoms with Gasteiger partial charge in [0.25, 0.3) is 5.91 Å². The molecular formula is C19H21N3O6S. The molecule has 2 amide bonds. The fourth-order valence-electron chi connectivity index (χ4n) is 2.45. The van der Waals surface area contributed by atoms with Gasteiger partial charge in [0.15, 0.2) is 6.61 Å². The number of nitrogens with two attached hydrogens (primary N) is 1. The lowest BCUT2D eigenvalue weighted by molar-refractivity contribution is -0.145. The van der Waals surface area contributed by atoms with Crippen molar-refractivity contribution < 1.29 is 27.5 Å². The van der Waals surface area contributed by atoms with Crippen molar-refractivity contribution in [1.29, 1.82) is 0 Å². The molecule has 0 aliphatic carbocycles. The molecule has 0 bridgehead atoms. The number of carbonyl (C=O) groups excluding carboxylic acids is 3. The lowest BCUT2D eigenvalue weighted by Crippen LogP contribution is -2.37. The van der Waals surface area contributed by atoms with Crippen LogP contribution in [0.5, 0.6) is 0 Å². The van der Waals surface area contributed by atoms with E-state index < -0.39 is 41.0 Å². The molecule has 0 atom stereocenters. The topological polar surface area (TPSA) is 136 Å². The Morgan fingerprint density at radius 1 is 1.07 bits per heavy atom. The van der Waals surface area contributed by atoms with E-state index in [0.717, 1.165) is 10.6 Å². The third-order valence-electron chi connectivity index (χ3n) is 3.87. The minimum absolute atomic E-state index is 0.284. The van der Waals surface area contributed by atoms with E-state index in [2.05, 4.69) is 5.32 Å². The number of primary amides is 1. The number of sulfonamides is 1. The number of hydrogen-bond donors (Lipinski definition) is 2. The van der Waals surface area contributed by atoms with Crippen LogP contribution in [0.15, 0.2) is 48.5 Å². The second kappa shape index (κ2) is 9.20. The summed E-state index contributed by atoms with van der Waals surface area (Å²) in [6, 6.07) is 12.5. The first-order valence-corrected chi connectivity index (χ1v) is 10.3. The van der Waals surface area contributed by atoms with Gasteiger partial charge in [-0.2, -0.15) is 0 Å². The highest BCUT2D eigenvalue weighted by molar-refractivity contribution is 7.92. The highest BCUT2D eigenvalue weighted by Gasteiger charge is 2.23. The minimum Gasteiger partial charge on any atom is -0.454 e. The molecule has 0 aliphatic rings. The van der Waals surface area contributed by atoms with E-state index in [1.165, 1.54) is 24.3 Å². The highest BCUT2D eigenvalue weighted by Crippen LogP contribution is 2.21. The molecule has 29 heavy (non-hydrogen) atoms. The Morgan fingerprint density at radius 3 is 2.24 bits per heavy atom. The monoisotopic (exact) mass is 419 g/mol. The van der Waals surface area contributed by atoms with Crippen LogP contribution in [-0.4, -0.2) is 45.6 Å². The first-order chi connectivity index (χ1) is 13.6. The van der Waals surface area contributed by atoms with Gasteiger partial charge in [-0.1, -0.05) is 18.2 Å². The van der Waals surface area contributed by atoms with Gasteiger partial charge in [0.05, 0.1) is 11.9 Å². The zero-order valence-corrected chi connectivity index (χ0v) is 16.7. The van der Waals surface area contributed by atoms with E-state index in [4.69, 9.17) is 10.5 Å². The summed E-state index contributed by atoms with van der Waals surface area (Å²) >= 11 is 0. The van der Waals surface area contributed by atoms with Crippen molar-refractivity contribution in [3.63, 3.8) is 0 Å². The summed E-state index contributed by atoms with van der Waals surface area (Å²) in [5.74, 6) is -2.09. The van der Waals surface area contributed by atoms with E-state index in [-0.39, 0.29) is 5.56 Å². The number of carbonyl (C=O) groups is 3. The molecule has 2 aromatic rings. The first kappa shape index (κ1) is 21.9. The van der Waals surface area contributed by atoms with E-state index in [1.54, 1.807) is 31.2 Å². The molecular weight excluding hydrogens is 398 g/mol. The molecule has 0 fully saturated rings. The maximum atomic E-state index is 12.1. The zero-order chi connectivity index (χ0) is 21.6. The highest BCUT2D eigenvalue weighted by atomic mass is 32.2. The van der Waals surface area contributed by atoms with Crippen LogP contribution in [0.2, 0.25) is 0 Å². The molecule has 154 valence electrons. The van der Waals surface area contributed by atoms with Crippen molar-refractivity contribution >= 4 is 39.2 Å². The molecule has 0 aliphatic heterocycles. The van der Waals surface area contributed by atoms with Gasteiger partial charge in [-0.3, -0.25) is 18.7 Å². The van der Waals surface area contributed by atoms with Crippen molar-refractivity contribution in [2.24, 2.45) is 5.73 Å². The third kappa shape index (κ3) is 6.32. The molecule has 0 radical (unpaired) electrons. The Balaban J connectivity index is 1.96. The fraction of sp³-hybridized carbons (Fsp3) is 0.211. The SMILES string of the molecule is Cc1ccccc1N(CC(=O)OCC(=O)Nc1ccc(C(N)=O)cc1)S(C)(=O)=O. The summed E-state index contributed by atoms with van der Waals surface area (Å²) in [6.45, 7) is 0.557. The molecule has 0 heterocycles. The van der Waals surface area contributed by atoms with Gasteiger partial charge < -0.3 is 15.8 Å². The number of anilines is 2. The van der Waals surface area contributed by atoms with Crippen LogP contribution in [0.3, 0.4) is 0 Å². The van der Waals surface area contributed by atoms with Crippen molar-refractivity contribution in [1.82, 2.24) is 0 Å². The number of rotatable bonds is 8. The Hall–Kier alpha value is -3.40. The molecule has 0 unspecified atom stereocenters. The minimum atomic E-state index is -3.74.